The molecule has 1 aliphatic rings. The molecule has 5 heteroatoms. The van der Waals surface area contributed by atoms with Gasteiger partial charge in [0.25, 0.3) is 0 Å². The maximum Gasteiger partial charge on any atom is 0.225 e. The Balaban J connectivity index is 2.25. The molecule has 3 heterocycles. The van der Waals surface area contributed by atoms with Crippen molar-refractivity contribution >= 4 is 39.0 Å². The van der Waals surface area contributed by atoms with Crippen LogP contribution in [0.1, 0.15) is 39.2 Å². The van der Waals surface area contributed by atoms with Crippen molar-refractivity contribution in [3.8, 4) is 0 Å². The van der Waals surface area contributed by atoms with E-state index >= 15 is 0 Å². The molecule has 0 bridgehead atoms. The van der Waals surface area contributed by atoms with E-state index in [1.54, 1.807) is 11.3 Å². The molecule has 102 valence electrons. The average Bonchev–Trinajstić information content (AvgIpc) is 2.95. The first-order valence-corrected chi connectivity index (χ1v) is 7.93. The van der Waals surface area contributed by atoms with Gasteiger partial charge in [0.15, 0.2) is 0 Å². The van der Waals surface area contributed by atoms with Gasteiger partial charge < -0.3 is 4.90 Å². The van der Waals surface area contributed by atoms with Gasteiger partial charge in [-0.05, 0) is 40.8 Å². The molecule has 0 aromatic carbocycles. The summed E-state index contributed by atoms with van der Waals surface area (Å²) >= 11 is 7.75. The molecule has 0 N–H and O–H groups in total. The highest BCUT2D eigenvalue weighted by Crippen LogP contribution is 2.39. The lowest BCUT2D eigenvalue weighted by Crippen LogP contribution is -2.21. The number of rotatable bonds is 1. The largest absolute Gasteiger partial charge is 0.356 e. The van der Waals surface area contributed by atoms with Gasteiger partial charge in [-0.3, -0.25) is 0 Å². The summed E-state index contributed by atoms with van der Waals surface area (Å²) in [6.07, 6.45) is 2.47. The molecule has 0 aliphatic carbocycles. The number of aromatic nitrogens is 2. The predicted octanol–water partition coefficient (Wildman–Crippen LogP) is 4.24. The van der Waals surface area contributed by atoms with Gasteiger partial charge in [0, 0.05) is 13.1 Å². The first-order valence-electron chi connectivity index (χ1n) is 6.67. The lowest BCUT2D eigenvalue weighted by Gasteiger charge is -2.22. The van der Waals surface area contributed by atoms with Gasteiger partial charge in [-0.15, -0.1) is 11.3 Å². The molecule has 3 rings (SSSR count). The number of hydrogen-bond donors (Lipinski definition) is 0. The van der Waals surface area contributed by atoms with E-state index in [9.17, 15) is 0 Å². The van der Waals surface area contributed by atoms with Crippen molar-refractivity contribution in [2.24, 2.45) is 0 Å². The van der Waals surface area contributed by atoms with E-state index in [0.717, 1.165) is 23.7 Å². The SMILES string of the molecule is CC(C)(C)c1csc2nc(Cl)nc(N3CCCC3)c12. The second-order valence-electron chi connectivity index (χ2n) is 6.09. The second-order valence-corrected chi connectivity index (χ2v) is 7.29. The number of nitrogens with zero attached hydrogens (tertiary/aromatic N) is 3. The van der Waals surface area contributed by atoms with Gasteiger partial charge in [0.05, 0.1) is 5.39 Å². The Morgan fingerprint density at radius 2 is 1.89 bits per heavy atom. The fraction of sp³-hybridized carbons (Fsp3) is 0.571. The number of hydrogen-bond acceptors (Lipinski definition) is 4. The highest BCUT2D eigenvalue weighted by molar-refractivity contribution is 7.17. The zero-order valence-corrected chi connectivity index (χ0v) is 13.1. The minimum Gasteiger partial charge on any atom is -0.356 e. The molecule has 0 unspecified atom stereocenters. The molecular formula is C14H18ClN3S. The smallest absolute Gasteiger partial charge is 0.225 e. The normalized spacial score (nSPS) is 16.5. The van der Waals surface area contributed by atoms with Crippen LogP contribution in [-0.4, -0.2) is 23.1 Å². The van der Waals surface area contributed by atoms with Crippen molar-refractivity contribution in [3.63, 3.8) is 0 Å². The zero-order valence-electron chi connectivity index (χ0n) is 11.5. The highest BCUT2D eigenvalue weighted by Gasteiger charge is 2.25. The Bertz CT molecular complexity index is 609. The summed E-state index contributed by atoms with van der Waals surface area (Å²) in [5.41, 5.74) is 1.43. The van der Waals surface area contributed by atoms with E-state index in [2.05, 4.69) is 41.0 Å². The highest BCUT2D eigenvalue weighted by atomic mass is 35.5. The van der Waals surface area contributed by atoms with E-state index in [4.69, 9.17) is 11.6 Å². The molecule has 0 radical (unpaired) electrons. The van der Waals surface area contributed by atoms with Gasteiger partial charge in [-0.2, -0.15) is 4.98 Å². The summed E-state index contributed by atoms with van der Waals surface area (Å²) in [7, 11) is 0. The lowest BCUT2D eigenvalue weighted by atomic mass is 9.87. The van der Waals surface area contributed by atoms with E-state index in [-0.39, 0.29) is 5.41 Å². The molecule has 3 nitrogen and oxygen atoms in total. The lowest BCUT2D eigenvalue weighted by molar-refractivity contribution is 0.597. The molecular weight excluding hydrogens is 278 g/mol. The molecule has 2 aromatic heterocycles. The van der Waals surface area contributed by atoms with Gasteiger partial charge in [-0.25, -0.2) is 4.98 Å². The number of halogens is 1. The quantitative estimate of drug-likeness (QED) is 0.737. The Labute approximate surface area is 122 Å². The van der Waals surface area contributed by atoms with Crippen LogP contribution < -0.4 is 4.90 Å². The Hall–Kier alpha value is -0.870. The van der Waals surface area contributed by atoms with E-state index in [1.165, 1.54) is 23.8 Å². The molecule has 1 aliphatic heterocycles. The van der Waals surface area contributed by atoms with E-state index in [1.807, 2.05) is 0 Å². The van der Waals surface area contributed by atoms with Crippen LogP contribution in [0.4, 0.5) is 5.82 Å². The van der Waals surface area contributed by atoms with E-state index < -0.39 is 0 Å². The molecule has 2 aromatic rings. The van der Waals surface area contributed by atoms with Crippen molar-refractivity contribution in [3.05, 3.63) is 16.2 Å². The summed E-state index contributed by atoms with van der Waals surface area (Å²) in [6.45, 7) is 8.84. The Morgan fingerprint density at radius 3 is 2.53 bits per heavy atom. The standard InChI is InChI=1S/C14H18ClN3S/c1-14(2,3)9-8-19-12-10(9)11(16-13(15)17-12)18-6-4-5-7-18/h8H,4-7H2,1-3H3. The second kappa shape index (κ2) is 4.60. The van der Waals surface area contributed by atoms with Crippen molar-refractivity contribution in [2.75, 3.05) is 18.0 Å². The van der Waals surface area contributed by atoms with Gasteiger partial charge in [0.2, 0.25) is 5.28 Å². The summed E-state index contributed by atoms with van der Waals surface area (Å²) in [6, 6.07) is 0. The molecule has 1 fully saturated rings. The Kier molecular flexibility index (Phi) is 3.18. The van der Waals surface area contributed by atoms with Gasteiger partial charge in [-0.1, -0.05) is 20.8 Å². The number of thiophene rings is 1. The van der Waals surface area contributed by atoms with Crippen LogP contribution in [0, 0.1) is 0 Å². The van der Waals surface area contributed by atoms with Crippen LogP contribution in [0.15, 0.2) is 5.38 Å². The van der Waals surface area contributed by atoms with Crippen LogP contribution >= 0.6 is 22.9 Å². The first-order chi connectivity index (χ1) is 8.97. The van der Waals surface area contributed by atoms with Crippen molar-refractivity contribution in [2.45, 2.75) is 39.0 Å². The van der Waals surface area contributed by atoms with Crippen LogP contribution in [0.2, 0.25) is 5.28 Å². The van der Waals surface area contributed by atoms with Crippen LogP contribution in [-0.2, 0) is 5.41 Å². The summed E-state index contributed by atoms with van der Waals surface area (Å²) < 4.78 is 0. The fourth-order valence-corrected chi connectivity index (χ4v) is 3.98. The predicted molar refractivity (Wildman–Crippen MR) is 82.6 cm³/mol. The number of anilines is 1. The van der Waals surface area contributed by atoms with Gasteiger partial charge in [0.1, 0.15) is 10.6 Å². The molecule has 0 atom stereocenters. The topological polar surface area (TPSA) is 29.0 Å². The molecule has 0 saturated carbocycles. The van der Waals surface area contributed by atoms with Crippen LogP contribution in [0.25, 0.3) is 10.2 Å². The fourth-order valence-electron chi connectivity index (χ4n) is 2.61. The zero-order chi connectivity index (χ0) is 13.6. The van der Waals surface area contributed by atoms with Crippen LogP contribution in [0.5, 0.6) is 0 Å². The minimum atomic E-state index is 0.101. The average molecular weight is 296 g/mol. The molecule has 0 amide bonds. The maximum atomic E-state index is 6.08. The van der Waals surface area contributed by atoms with Crippen molar-refractivity contribution in [1.29, 1.82) is 0 Å². The third-order valence-corrected chi connectivity index (χ3v) is 4.64. The maximum absolute atomic E-state index is 6.08. The third kappa shape index (κ3) is 2.32. The first kappa shape index (κ1) is 13.1. The summed E-state index contributed by atoms with van der Waals surface area (Å²) in [5, 5.41) is 3.76. The number of fused-ring (bicyclic) bond motifs is 1. The van der Waals surface area contributed by atoms with Gasteiger partial charge >= 0.3 is 0 Å². The van der Waals surface area contributed by atoms with E-state index in [0.29, 0.717) is 5.28 Å². The summed E-state index contributed by atoms with van der Waals surface area (Å²) in [5.74, 6) is 1.03. The van der Waals surface area contributed by atoms with Crippen molar-refractivity contribution in [1.82, 2.24) is 9.97 Å². The summed E-state index contributed by atoms with van der Waals surface area (Å²) in [4.78, 5) is 12.3. The molecule has 0 spiro atoms. The minimum absolute atomic E-state index is 0.101. The third-order valence-electron chi connectivity index (χ3n) is 3.60. The molecule has 1 saturated heterocycles. The van der Waals surface area contributed by atoms with Crippen LogP contribution in [0.3, 0.4) is 0 Å². The van der Waals surface area contributed by atoms with Crippen molar-refractivity contribution < 1.29 is 0 Å². The monoisotopic (exact) mass is 295 g/mol. The Morgan fingerprint density at radius 1 is 1.21 bits per heavy atom. The molecule has 19 heavy (non-hydrogen) atoms.